The van der Waals surface area contributed by atoms with Crippen molar-refractivity contribution in [1.82, 2.24) is 4.98 Å². The average Bonchev–Trinajstić information content (AvgIpc) is 2.09. The molecule has 5 heteroatoms. The summed E-state index contributed by atoms with van der Waals surface area (Å²) >= 11 is 8.81. The van der Waals surface area contributed by atoms with Crippen LogP contribution < -0.4 is 0 Å². The maximum atomic E-state index is 12.4. The standard InChI is InChI=1S/C8H7BrClF2N/c1-4-6(8(11)12)2-5(3-9)13-7(4)10/h2,8H,3H2,1H3. The summed E-state index contributed by atoms with van der Waals surface area (Å²) in [4.78, 5) is 3.92. The van der Waals surface area contributed by atoms with Gasteiger partial charge in [-0.15, -0.1) is 0 Å². The molecule has 0 aliphatic rings. The number of aromatic nitrogens is 1. The van der Waals surface area contributed by atoms with Crippen LogP contribution in [0.2, 0.25) is 5.15 Å². The van der Waals surface area contributed by atoms with Crippen molar-refractivity contribution >= 4 is 27.5 Å². The van der Waals surface area contributed by atoms with Crippen LogP contribution in [-0.2, 0) is 5.33 Å². The Kier molecular flexibility index (Phi) is 3.62. The Balaban J connectivity index is 3.25. The maximum Gasteiger partial charge on any atom is 0.264 e. The number of alkyl halides is 3. The fraction of sp³-hybridized carbons (Fsp3) is 0.375. The van der Waals surface area contributed by atoms with Crippen LogP contribution in [0.4, 0.5) is 8.78 Å². The molecule has 0 atom stereocenters. The molecule has 0 unspecified atom stereocenters. The van der Waals surface area contributed by atoms with E-state index in [0.717, 1.165) is 0 Å². The van der Waals surface area contributed by atoms with Crippen molar-refractivity contribution in [2.24, 2.45) is 0 Å². The molecule has 0 amide bonds. The zero-order valence-electron chi connectivity index (χ0n) is 6.82. The van der Waals surface area contributed by atoms with Gasteiger partial charge in [-0.25, -0.2) is 13.8 Å². The van der Waals surface area contributed by atoms with Crippen molar-refractivity contribution in [3.05, 3.63) is 28.0 Å². The maximum absolute atomic E-state index is 12.4. The summed E-state index contributed by atoms with van der Waals surface area (Å²) in [6.45, 7) is 1.54. The highest BCUT2D eigenvalue weighted by atomic mass is 79.9. The third-order valence-corrected chi connectivity index (χ3v) is 2.62. The first-order valence-corrected chi connectivity index (χ1v) is 5.06. The topological polar surface area (TPSA) is 12.9 Å². The number of nitrogens with zero attached hydrogens (tertiary/aromatic N) is 1. The molecule has 0 fully saturated rings. The predicted octanol–water partition coefficient (Wildman–Crippen LogP) is 3.88. The molecule has 0 aliphatic heterocycles. The largest absolute Gasteiger partial charge is 0.264 e. The summed E-state index contributed by atoms with van der Waals surface area (Å²) < 4.78 is 24.8. The minimum absolute atomic E-state index is 0.0468. The van der Waals surface area contributed by atoms with Crippen LogP contribution in [0.5, 0.6) is 0 Å². The highest BCUT2D eigenvalue weighted by Gasteiger charge is 2.14. The third kappa shape index (κ3) is 2.38. The molecular formula is C8H7BrClF2N. The molecule has 0 aliphatic carbocycles. The molecule has 0 saturated carbocycles. The van der Waals surface area contributed by atoms with Gasteiger partial charge in [0, 0.05) is 10.9 Å². The van der Waals surface area contributed by atoms with Crippen molar-refractivity contribution in [2.45, 2.75) is 18.7 Å². The quantitative estimate of drug-likeness (QED) is 0.587. The van der Waals surface area contributed by atoms with E-state index in [9.17, 15) is 8.78 Å². The van der Waals surface area contributed by atoms with Crippen molar-refractivity contribution in [1.29, 1.82) is 0 Å². The normalized spacial score (nSPS) is 10.9. The fourth-order valence-corrected chi connectivity index (χ4v) is 1.45. The van der Waals surface area contributed by atoms with Crippen LogP contribution in [0.15, 0.2) is 6.07 Å². The Morgan fingerprint density at radius 2 is 2.23 bits per heavy atom. The number of hydrogen-bond donors (Lipinski definition) is 0. The first-order chi connectivity index (χ1) is 6.06. The highest BCUT2D eigenvalue weighted by molar-refractivity contribution is 9.08. The zero-order valence-corrected chi connectivity index (χ0v) is 9.16. The lowest BCUT2D eigenvalue weighted by molar-refractivity contribution is 0.150. The van der Waals surface area contributed by atoms with Crippen LogP contribution in [-0.4, -0.2) is 4.98 Å². The Bertz CT molecular complexity index is 317. The van der Waals surface area contributed by atoms with E-state index in [0.29, 0.717) is 16.6 Å². The van der Waals surface area contributed by atoms with Gasteiger partial charge < -0.3 is 0 Å². The molecule has 0 aromatic carbocycles. The molecule has 0 saturated heterocycles. The van der Waals surface area contributed by atoms with E-state index in [1.807, 2.05) is 0 Å². The third-order valence-electron chi connectivity index (χ3n) is 1.68. The van der Waals surface area contributed by atoms with Crippen LogP contribution in [0.1, 0.15) is 23.2 Å². The summed E-state index contributed by atoms with van der Waals surface area (Å²) in [6, 6.07) is 1.36. The Labute approximate surface area is 88.2 Å². The molecule has 13 heavy (non-hydrogen) atoms. The number of halogens is 4. The molecule has 1 aromatic heterocycles. The van der Waals surface area contributed by atoms with E-state index in [2.05, 4.69) is 20.9 Å². The second kappa shape index (κ2) is 4.33. The van der Waals surface area contributed by atoms with Crippen LogP contribution in [0.3, 0.4) is 0 Å². The molecule has 0 bridgehead atoms. The van der Waals surface area contributed by atoms with Gasteiger partial charge in [-0.2, -0.15) is 0 Å². The van der Waals surface area contributed by atoms with Crippen LogP contribution >= 0.6 is 27.5 Å². The fourth-order valence-electron chi connectivity index (χ4n) is 0.944. The molecule has 1 nitrogen and oxygen atoms in total. The van der Waals surface area contributed by atoms with Gasteiger partial charge in [-0.05, 0) is 18.6 Å². The number of rotatable bonds is 2. The van der Waals surface area contributed by atoms with Gasteiger partial charge in [0.15, 0.2) is 0 Å². The summed E-state index contributed by atoms with van der Waals surface area (Å²) in [6.07, 6.45) is -2.50. The second-order valence-corrected chi connectivity index (χ2v) is 3.47. The minimum atomic E-state index is -2.50. The summed E-state index contributed by atoms with van der Waals surface area (Å²) in [5, 5.41) is 0.569. The lowest BCUT2D eigenvalue weighted by Crippen LogP contribution is -1.96. The Hall–Kier alpha value is -0.220. The smallest absolute Gasteiger partial charge is 0.240 e. The molecular weight excluding hydrogens is 263 g/mol. The predicted molar refractivity (Wildman–Crippen MR) is 51.6 cm³/mol. The molecule has 0 spiro atoms. The lowest BCUT2D eigenvalue weighted by Gasteiger charge is -2.07. The van der Waals surface area contributed by atoms with Crippen molar-refractivity contribution in [3.8, 4) is 0 Å². The van der Waals surface area contributed by atoms with Crippen molar-refractivity contribution in [2.75, 3.05) is 0 Å². The van der Waals surface area contributed by atoms with Crippen LogP contribution in [0.25, 0.3) is 0 Å². The van der Waals surface area contributed by atoms with Gasteiger partial charge in [-0.1, -0.05) is 27.5 Å². The van der Waals surface area contributed by atoms with Gasteiger partial charge in [0.25, 0.3) is 6.43 Å². The molecule has 0 N–H and O–H groups in total. The van der Waals surface area contributed by atoms with E-state index in [1.54, 1.807) is 0 Å². The molecule has 1 heterocycles. The summed E-state index contributed by atoms with van der Waals surface area (Å²) in [7, 11) is 0. The van der Waals surface area contributed by atoms with Crippen molar-refractivity contribution < 1.29 is 8.78 Å². The minimum Gasteiger partial charge on any atom is -0.240 e. The van der Waals surface area contributed by atoms with Gasteiger partial charge >= 0.3 is 0 Å². The van der Waals surface area contributed by atoms with Crippen LogP contribution in [0, 0.1) is 6.92 Å². The lowest BCUT2D eigenvalue weighted by atomic mass is 10.1. The first-order valence-electron chi connectivity index (χ1n) is 3.56. The van der Waals surface area contributed by atoms with Gasteiger partial charge in [0.2, 0.25) is 0 Å². The van der Waals surface area contributed by atoms with E-state index < -0.39 is 6.43 Å². The highest BCUT2D eigenvalue weighted by Crippen LogP contribution is 2.27. The van der Waals surface area contributed by atoms with Gasteiger partial charge in [0.1, 0.15) is 5.15 Å². The van der Waals surface area contributed by atoms with E-state index in [4.69, 9.17) is 11.6 Å². The van der Waals surface area contributed by atoms with E-state index in [-0.39, 0.29) is 10.7 Å². The van der Waals surface area contributed by atoms with Gasteiger partial charge in [0.05, 0.1) is 5.69 Å². The van der Waals surface area contributed by atoms with Crippen molar-refractivity contribution in [3.63, 3.8) is 0 Å². The SMILES string of the molecule is Cc1c(C(F)F)cc(CBr)nc1Cl. The first kappa shape index (κ1) is 10.9. The molecule has 72 valence electrons. The second-order valence-electron chi connectivity index (χ2n) is 2.55. The Morgan fingerprint density at radius 3 is 2.69 bits per heavy atom. The molecule has 0 radical (unpaired) electrons. The summed E-state index contributed by atoms with van der Waals surface area (Å²) in [5.41, 5.74) is 0.821. The van der Waals surface area contributed by atoms with E-state index >= 15 is 0 Å². The monoisotopic (exact) mass is 269 g/mol. The van der Waals surface area contributed by atoms with E-state index in [1.165, 1.54) is 13.0 Å². The van der Waals surface area contributed by atoms with Gasteiger partial charge in [-0.3, -0.25) is 0 Å². The Morgan fingerprint density at radius 1 is 1.62 bits per heavy atom. The average molecular weight is 271 g/mol. The summed E-state index contributed by atoms with van der Waals surface area (Å²) in [5.74, 6) is 0. The number of pyridine rings is 1. The number of hydrogen-bond acceptors (Lipinski definition) is 1. The zero-order chi connectivity index (χ0) is 10.0. The molecule has 1 rings (SSSR count). The molecule has 1 aromatic rings.